The number of hydrogen-bond acceptors (Lipinski definition) is 2. The van der Waals surface area contributed by atoms with Gasteiger partial charge in [-0.3, -0.25) is 0 Å². The van der Waals surface area contributed by atoms with Crippen molar-refractivity contribution in [3.63, 3.8) is 0 Å². The second kappa shape index (κ2) is 4.97. The summed E-state index contributed by atoms with van der Waals surface area (Å²) in [5.41, 5.74) is 2.71. The molecular formula is C16H25N3. The molecular weight excluding hydrogens is 234 g/mol. The molecule has 0 amide bonds. The van der Waals surface area contributed by atoms with Gasteiger partial charge in [-0.15, -0.1) is 0 Å². The summed E-state index contributed by atoms with van der Waals surface area (Å²) in [5, 5.41) is 3.67. The Morgan fingerprint density at radius 1 is 1.16 bits per heavy atom. The van der Waals surface area contributed by atoms with E-state index in [1.165, 1.54) is 5.69 Å². The minimum Gasteiger partial charge on any atom is -0.306 e. The number of fused-ring (bicyclic) bond motifs is 1. The fraction of sp³-hybridized carbons (Fsp3) is 0.562. The molecule has 0 unspecified atom stereocenters. The molecule has 3 nitrogen and oxygen atoms in total. The molecule has 19 heavy (non-hydrogen) atoms. The van der Waals surface area contributed by atoms with Crippen LogP contribution in [0.4, 0.5) is 0 Å². The van der Waals surface area contributed by atoms with E-state index in [1.807, 2.05) is 18.5 Å². The SMILES string of the molecule is CC(C)(C)CC(C)(C)NCc1cccc2nccn12. The number of imidazole rings is 1. The average molecular weight is 259 g/mol. The van der Waals surface area contributed by atoms with Crippen LogP contribution in [0.3, 0.4) is 0 Å². The topological polar surface area (TPSA) is 29.3 Å². The summed E-state index contributed by atoms with van der Waals surface area (Å²) in [6, 6.07) is 6.24. The molecule has 2 rings (SSSR count). The molecule has 0 aliphatic carbocycles. The fourth-order valence-electron chi connectivity index (χ4n) is 2.87. The van der Waals surface area contributed by atoms with Crippen LogP contribution in [-0.2, 0) is 6.54 Å². The van der Waals surface area contributed by atoms with Gasteiger partial charge in [0.05, 0.1) is 0 Å². The van der Waals surface area contributed by atoms with Crippen LogP contribution in [0.5, 0.6) is 0 Å². The van der Waals surface area contributed by atoms with E-state index in [0.29, 0.717) is 5.41 Å². The minimum absolute atomic E-state index is 0.126. The lowest BCUT2D eigenvalue weighted by Gasteiger charge is -2.33. The normalized spacial score (nSPS) is 13.1. The van der Waals surface area contributed by atoms with Gasteiger partial charge >= 0.3 is 0 Å². The molecule has 0 aliphatic rings. The summed E-state index contributed by atoms with van der Waals surface area (Å²) in [7, 11) is 0. The molecule has 0 saturated carbocycles. The van der Waals surface area contributed by atoms with Gasteiger partial charge < -0.3 is 9.72 Å². The lowest BCUT2D eigenvalue weighted by Crippen LogP contribution is -2.42. The van der Waals surface area contributed by atoms with Gasteiger partial charge in [-0.1, -0.05) is 26.8 Å². The first-order chi connectivity index (χ1) is 8.77. The van der Waals surface area contributed by atoms with Crippen LogP contribution in [0.25, 0.3) is 5.65 Å². The number of nitrogens with zero attached hydrogens (tertiary/aromatic N) is 2. The molecule has 1 N–H and O–H groups in total. The van der Waals surface area contributed by atoms with Crippen LogP contribution < -0.4 is 5.32 Å². The average Bonchev–Trinajstić information content (AvgIpc) is 2.71. The highest BCUT2D eigenvalue weighted by atomic mass is 15.0. The number of hydrogen-bond donors (Lipinski definition) is 1. The van der Waals surface area contributed by atoms with Crippen molar-refractivity contribution >= 4 is 5.65 Å². The van der Waals surface area contributed by atoms with Crippen LogP contribution in [0.15, 0.2) is 30.6 Å². The van der Waals surface area contributed by atoms with Crippen LogP contribution in [0.2, 0.25) is 0 Å². The Hall–Kier alpha value is -1.35. The van der Waals surface area contributed by atoms with E-state index in [9.17, 15) is 0 Å². The van der Waals surface area contributed by atoms with Crippen LogP contribution in [-0.4, -0.2) is 14.9 Å². The molecule has 3 heteroatoms. The zero-order chi connectivity index (χ0) is 14.1. The van der Waals surface area contributed by atoms with Gasteiger partial charge in [-0.2, -0.15) is 0 Å². The summed E-state index contributed by atoms with van der Waals surface area (Å²) in [4.78, 5) is 4.32. The molecule has 0 aromatic carbocycles. The second-order valence-corrected chi connectivity index (χ2v) is 7.15. The maximum Gasteiger partial charge on any atom is 0.136 e. The monoisotopic (exact) mass is 259 g/mol. The molecule has 0 radical (unpaired) electrons. The predicted octanol–water partition coefficient (Wildman–Crippen LogP) is 3.64. The van der Waals surface area contributed by atoms with Crippen molar-refractivity contribution < 1.29 is 0 Å². The first-order valence-electron chi connectivity index (χ1n) is 6.93. The highest BCUT2D eigenvalue weighted by molar-refractivity contribution is 5.39. The molecule has 0 spiro atoms. The lowest BCUT2D eigenvalue weighted by atomic mass is 9.82. The van der Waals surface area contributed by atoms with E-state index < -0.39 is 0 Å². The first-order valence-corrected chi connectivity index (χ1v) is 6.93. The van der Waals surface area contributed by atoms with Crippen LogP contribution in [0, 0.1) is 5.41 Å². The number of aromatic nitrogens is 2. The van der Waals surface area contributed by atoms with Gasteiger partial charge in [0.15, 0.2) is 0 Å². The number of rotatable bonds is 4. The zero-order valence-electron chi connectivity index (χ0n) is 12.7. The molecule has 2 heterocycles. The van der Waals surface area contributed by atoms with Crippen molar-refractivity contribution in [1.82, 2.24) is 14.7 Å². The summed E-state index contributed by atoms with van der Waals surface area (Å²) >= 11 is 0. The van der Waals surface area contributed by atoms with E-state index in [4.69, 9.17) is 0 Å². The fourth-order valence-corrected chi connectivity index (χ4v) is 2.87. The summed E-state index contributed by atoms with van der Waals surface area (Å²) in [5.74, 6) is 0. The third kappa shape index (κ3) is 3.80. The Kier molecular flexibility index (Phi) is 3.68. The van der Waals surface area contributed by atoms with Crippen molar-refractivity contribution in [3.05, 3.63) is 36.3 Å². The smallest absolute Gasteiger partial charge is 0.136 e. The van der Waals surface area contributed by atoms with Crippen molar-refractivity contribution in [2.45, 2.75) is 53.1 Å². The zero-order valence-corrected chi connectivity index (χ0v) is 12.7. The van der Waals surface area contributed by atoms with E-state index in [-0.39, 0.29) is 5.54 Å². The highest BCUT2D eigenvalue weighted by Gasteiger charge is 2.24. The summed E-state index contributed by atoms with van der Waals surface area (Å²) in [6.45, 7) is 12.3. The molecule has 2 aromatic rings. The van der Waals surface area contributed by atoms with E-state index in [0.717, 1.165) is 18.6 Å². The van der Waals surface area contributed by atoms with Gasteiger partial charge in [-0.25, -0.2) is 4.98 Å². The number of nitrogens with one attached hydrogen (secondary N) is 1. The standard InChI is InChI=1S/C16H25N3/c1-15(2,3)12-16(4,5)18-11-13-7-6-8-14-17-9-10-19(13)14/h6-10,18H,11-12H2,1-5H3. The van der Waals surface area contributed by atoms with Gasteiger partial charge in [0.2, 0.25) is 0 Å². The quantitative estimate of drug-likeness (QED) is 0.908. The van der Waals surface area contributed by atoms with E-state index >= 15 is 0 Å². The molecule has 0 aliphatic heterocycles. The molecule has 0 saturated heterocycles. The predicted molar refractivity (Wildman–Crippen MR) is 80.2 cm³/mol. The Bertz CT molecular complexity index is 546. The first kappa shape index (κ1) is 14.1. The van der Waals surface area contributed by atoms with Crippen LogP contribution >= 0.6 is 0 Å². The van der Waals surface area contributed by atoms with Gasteiger partial charge in [0.1, 0.15) is 5.65 Å². The minimum atomic E-state index is 0.126. The molecule has 104 valence electrons. The van der Waals surface area contributed by atoms with Gasteiger partial charge in [-0.05, 0) is 37.8 Å². The maximum atomic E-state index is 4.32. The molecule has 0 atom stereocenters. The lowest BCUT2D eigenvalue weighted by molar-refractivity contribution is 0.240. The van der Waals surface area contributed by atoms with Crippen molar-refractivity contribution in [2.75, 3.05) is 0 Å². The summed E-state index contributed by atoms with van der Waals surface area (Å²) in [6.07, 6.45) is 5.00. The van der Waals surface area contributed by atoms with Gasteiger partial charge in [0, 0.05) is 30.2 Å². The van der Waals surface area contributed by atoms with Crippen molar-refractivity contribution in [1.29, 1.82) is 0 Å². The third-order valence-corrected chi connectivity index (χ3v) is 3.23. The highest BCUT2D eigenvalue weighted by Crippen LogP contribution is 2.27. The largest absolute Gasteiger partial charge is 0.306 e. The number of pyridine rings is 1. The Labute approximate surface area is 116 Å². The molecule has 2 aromatic heterocycles. The van der Waals surface area contributed by atoms with Crippen LogP contribution in [0.1, 0.15) is 46.7 Å². The van der Waals surface area contributed by atoms with Crippen molar-refractivity contribution in [3.8, 4) is 0 Å². The van der Waals surface area contributed by atoms with E-state index in [1.54, 1.807) is 0 Å². The summed E-state index contributed by atoms with van der Waals surface area (Å²) < 4.78 is 2.14. The van der Waals surface area contributed by atoms with E-state index in [2.05, 4.69) is 61.5 Å². The molecule has 0 fully saturated rings. The second-order valence-electron chi connectivity index (χ2n) is 7.15. The maximum absolute atomic E-state index is 4.32. The Morgan fingerprint density at radius 2 is 1.89 bits per heavy atom. The Morgan fingerprint density at radius 3 is 2.58 bits per heavy atom. The van der Waals surface area contributed by atoms with Gasteiger partial charge in [0.25, 0.3) is 0 Å². The Balaban J connectivity index is 2.08. The van der Waals surface area contributed by atoms with Crippen molar-refractivity contribution in [2.24, 2.45) is 5.41 Å². The molecule has 0 bridgehead atoms. The third-order valence-electron chi connectivity index (χ3n) is 3.23.